The number of nitrogens with one attached hydrogen (secondary N) is 1. The predicted octanol–water partition coefficient (Wildman–Crippen LogP) is 5.78. The molecule has 194 valence electrons. The number of aromatic nitrogens is 1. The van der Waals surface area contributed by atoms with E-state index in [1.807, 2.05) is 24.3 Å². The van der Waals surface area contributed by atoms with Crippen molar-refractivity contribution >= 4 is 16.6 Å². The van der Waals surface area contributed by atoms with Crippen LogP contribution >= 0.6 is 0 Å². The number of methoxy groups -OCH3 is 1. The van der Waals surface area contributed by atoms with Gasteiger partial charge in [0.2, 0.25) is 0 Å². The van der Waals surface area contributed by atoms with E-state index in [1.165, 1.54) is 0 Å². The van der Waals surface area contributed by atoms with Crippen molar-refractivity contribution in [3.8, 4) is 40.0 Å². The molecule has 2 aliphatic rings. The minimum atomic E-state index is 0.0870. The van der Waals surface area contributed by atoms with Gasteiger partial charge in [0, 0.05) is 48.1 Å². The number of benzene rings is 3. The van der Waals surface area contributed by atoms with Gasteiger partial charge in [0.25, 0.3) is 0 Å². The van der Waals surface area contributed by atoms with E-state index in [9.17, 15) is 5.26 Å². The third-order valence-electron chi connectivity index (χ3n) is 7.38. The maximum Gasteiger partial charge on any atom is 0.142 e. The number of anilines is 1. The molecule has 2 aliphatic heterocycles. The third kappa shape index (κ3) is 4.81. The van der Waals surface area contributed by atoms with Gasteiger partial charge in [-0.05, 0) is 47.5 Å². The predicted molar refractivity (Wildman–Crippen MR) is 148 cm³/mol. The van der Waals surface area contributed by atoms with Crippen molar-refractivity contribution in [2.45, 2.75) is 18.9 Å². The Labute approximate surface area is 222 Å². The van der Waals surface area contributed by atoms with Crippen molar-refractivity contribution in [3.05, 3.63) is 66.2 Å². The molecule has 0 unspecified atom stereocenters. The fourth-order valence-electron chi connectivity index (χ4n) is 5.33. The maximum atomic E-state index is 9.87. The highest BCUT2D eigenvalue weighted by atomic mass is 16.5. The normalized spacial score (nSPS) is 16.4. The van der Waals surface area contributed by atoms with Crippen LogP contribution in [0.3, 0.4) is 0 Å². The molecule has 0 spiro atoms. The Morgan fingerprint density at radius 1 is 0.895 bits per heavy atom. The lowest BCUT2D eigenvalue weighted by Crippen LogP contribution is -2.36. The van der Waals surface area contributed by atoms with Crippen LogP contribution in [0.5, 0.6) is 11.5 Å². The highest BCUT2D eigenvalue weighted by molar-refractivity contribution is 5.98. The highest BCUT2D eigenvalue weighted by Gasteiger charge is 2.19. The van der Waals surface area contributed by atoms with Crippen molar-refractivity contribution in [3.63, 3.8) is 0 Å². The Morgan fingerprint density at radius 3 is 2.47 bits per heavy atom. The van der Waals surface area contributed by atoms with E-state index in [1.54, 1.807) is 7.11 Å². The molecule has 0 bridgehead atoms. The number of rotatable bonds is 6. The summed E-state index contributed by atoms with van der Waals surface area (Å²) in [4.78, 5) is 5.88. The van der Waals surface area contributed by atoms with Gasteiger partial charge in [-0.25, -0.2) is 0 Å². The van der Waals surface area contributed by atoms with E-state index in [2.05, 4.69) is 52.4 Å². The summed E-state index contributed by atoms with van der Waals surface area (Å²) in [6.07, 6.45) is 1.77. The average molecular weight is 510 g/mol. The monoisotopic (exact) mass is 509 g/mol. The van der Waals surface area contributed by atoms with Gasteiger partial charge >= 0.3 is 0 Å². The fourth-order valence-corrected chi connectivity index (χ4v) is 5.33. The SMILES string of the molecule is COc1cc(-c2cc3c(-c4ccc(OC5CCOCC5)c(C#N)c4)cccc3[nH]2)ccc1N1CCOCC1. The van der Waals surface area contributed by atoms with E-state index in [0.29, 0.717) is 24.5 Å². The Balaban J connectivity index is 1.32. The standard InChI is InChI=1S/C31H31N3O4/c1-35-31-18-22(5-7-29(31)34-11-15-37-16-12-34)28-19-26-25(3-2-4-27(26)33-28)21-6-8-30(23(17-21)20-32)38-24-9-13-36-14-10-24/h2-8,17-19,24,33H,9-16H2,1H3. The van der Waals surface area contributed by atoms with E-state index in [-0.39, 0.29) is 6.10 Å². The second-order valence-corrected chi connectivity index (χ2v) is 9.69. The summed E-state index contributed by atoms with van der Waals surface area (Å²) in [5.74, 6) is 1.49. The molecule has 2 saturated heterocycles. The summed E-state index contributed by atoms with van der Waals surface area (Å²) in [6, 6.07) is 23.0. The molecular weight excluding hydrogens is 478 g/mol. The van der Waals surface area contributed by atoms with Crippen LogP contribution in [0.2, 0.25) is 0 Å². The molecule has 1 aromatic heterocycles. The number of aromatic amines is 1. The van der Waals surface area contributed by atoms with Gasteiger partial charge in [-0.1, -0.05) is 24.3 Å². The van der Waals surface area contributed by atoms with Gasteiger partial charge in [0.15, 0.2) is 0 Å². The van der Waals surface area contributed by atoms with E-state index in [4.69, 9.17) is 18.9 Å². The van der Waals surface area contributed by atoms with Gasteiger partial charge < -0.3 is 28.8 Å². The number of nitrogens with zero attached hydrogens (tertiary/aromatic N) is 2. The molecule has 3 heterocycles. The lowest BCUT2D eigenvalue weighted by atomic mass is 9.99. The molecule has 4 aromatic rings. The zero-order valence-corrected chi connectivity index (χ0v) is 21.5. The molecule has 3 aromatic carbocycles. The third-order valence-corrected chi connectivity index (χ3v) is 7.38. The van der Waals surface area contributed by atoms with E-state index in [0.717, 1.165) is 83.9 Å². The van der Waals surface area contributed by atoms with Gasteiger partial charge in [-0.15, -0.1) is 0 Å². The van der Waals surface area contributed by atoms with Crippen LogP contribution in [-0.2, 0) is 9.47 Å². The topological polar surface area (TPSA) is 79.7 Å². The molecule has 7 nitrogen and oxygen atoms in total. The molecule has 7 heteroatoms. The minimum Gasteiger partial charge on any atom is -0.495 e. The molecule has 0 saturated carbocycles. The molecule has 1 N–H and O–H groups in total. The molecule has 0 amide bonds. The number of fused-ring (bicyclic) bond motifs is 1. The second kappa shape index (κ2) is 10.8. The Bertz CT molecular complexity index is 1480. The van der Waals surface area contributed by atoms with Crippen LogP contribution in [-0.4, -0.2) is 57.7 Å². The summed E-state index contributed by atoms with van der Waals surface area (Å²) in [7, 11) is 1.72. The van der Waals surface area contributed by atoms with Crippen LogP contribution in [0.4, 0.5) is 5.69 Å². The minimum absolute atomic E-state index is 0.0870. The number of hydrogen-bond donors (Lipinski definition) is 1. The number of morpholine rings is 1. The summed E-state index contributed by atoms with van der Waals surface area (Å²) in [5, 5.41) is 11.0. The highest BCUT2D eigenvalue weighted by Crippen LogP contribution is 2.37. The number of ether oxygens (including phenoxy) is 4. The zero-order chi connectivity index (χ0) is 25.9. The molecule has 0 radical (unpaired) electrons. The zero-order valence-electron chi connectivity index (χ0n) is 21.5. The van der Waals surface area contributed by atoms with Crippen molar-refractivity contribution in [1.82, 2.24) is 4.98 Å². The Morgan fingerprint density at radius 2 is 1.68 bits per heavy atom. The van der Waals surface area contributed by atoms with Crippen LogP contribution < -0.4 is 14.4 Å². The Kier molecular flexibility index (Phi) is 6.91. The molecule has 2 fully saturated rings. The van der Waals surface area contributed by atoms with E-state index >= 15 is 0 Å². The molecule has 0 aliphatic carbocycles. The maximum absolute atomic E-state index is 9.87. The summed E-state index contributed by atoms with van der Waals surface area (Å²) in [6.45, 7) is 4.57. The first-order valence-corrected chi connectivity index (χ1v) is 13.2. The molecule has 38 heavy (non-hydrogen) atoms. The number of nitriles is 1. The van der Waals surface area contributed by atoms with Crippen LogP contribution in [0, 0.1) is 11.3 Å². The van der Waals surface area contributed by atoms with Gasteiger partial charge in [0.1, 0.15) is 23.7 Å². The summed E-state index contributed by atoms with van der Waals surface area (Å²) in [5.41, 5.74) is 6.79. The summed E-state index contributed by atoms with van der Waals surface area (Å²) < 4.78 is 22.9. The second-order valence-electron chi connectivity index (χ2n) is 9.69. The first-order valence-electron chi connectivity index (χ1n) is 13.2. The van der Waals surface area contributed by atoms with Gasteiger partial charge in [-0.3, -0.25) is 0 Å². The first-order chi connectivity index (χ1) is 18.7. The molecule has 0 atom stereocenters. The summed E-state index contributed by atoms with van der Waals surface area (Å²) >= 11 is 0. The van der Waals surface area contributed by atoms with Crippen LogP contribution in [0.1, 0.15) is 18.4 Å². The van der Waals surface area contributed by atoms with Gasteiger partial charge in [0.05, 0.1) is 44.8 Å². The lowest BCUT2D eigenvalue weighted by Gasteiger charge is -2.30. The fraction of sp³-hybridized carbons (Fsp3) is 0.323. The smallest absolute Gasteiger partial charge is 0.142 e. The molecular formula is C31H31N3O4. The van der Waals surface area contributed by atoms with Crippen molar-refractivity contribution in [1.29, 1.82) is 5.26 Å². The van der Waals surface area contributed by atoms with Crippen LogP contribution in [0.25, 0.3) is 33.3 Å². The van der Waals surface area contributed by atoms with Gasteiger partial charge in [-0.2, -0.15) is 5.26 Å². The quantitative estimate of drug-likeness (QED) is 0.355. The van der Waals surface area contributed by atoms with Crippen molar-refractivity contribution < 1.29 is 18.9 Å². The average Bonchev–Trinajstić information content (AvgIpc) is 3.43. The lowest BCUT2D eigenvalue weighted by molar-refractivity contribution is 0.0254. The molecule has 6 rings (SSSR count). The largest absolute Gasteiger partial charge is 0.495 e. The van der Waals surface area contributed by atoms with Crippen molar-refractivity contribution in [2.24, 2.45) is 0 Å². The number of H-pyrrole nitrogens is 1. The first kappa shape index (κ1) is 24.4. The Hall–Kier alpha value is -3.99. The van der Waals surface area contributed by atoms with E-state index < -0.39 is 0 Å². The van der Waals surface area contributed by atoms with Crippen LogP contribution in [0.15, 0.2) is 60.7 Å². The number of hydrogen-bond acceptors (Lipinski definition) is 6. The van der Waals surface area contributed by atoms with Crippen molar-refractivity contribution in [2.75, 3.05) is 51.5 Å².